The molecule has 2 N–H and O–H groups in total. The molecule has 1 aromatic carbocycles. The van der Waals surface area contributed by atoms with Crippen molar-refractivity contribution in [3.05, 3.63) is 24.3 Å². The van der Waals surface area contributed by atoms with E-state index in [2.05, 4.69) is 0 Å². The van der Waals surface area contributed by atoms with E-state index in [-0.39, 0.29) is 10.8 Å². The minimum Gasteiger partial charge on any atom is -0.443 e. The van der Waals surface area contributed by atoms with Gasteiger partial charge in [-0.05, 0) is 51.5 Å². The Labute approximate surface area is 141 Å². The van der Waals surface area contributed by atoms with Gasteiger partial charge in [-0.3, -0.25) is 4.79 Å². The molecule has 0 radical (unpaired) electrons. The molecule has 0 bridgehead atoms. The van der Waals surface area contributed by atoms with Crippen LogP contribution < -0.4 is 15.2 Å². The summed E-state index contributed by atoms with van der Waals surface area (Å²) in [6.45, 7) is 5.63. The number of ether oxygens (including phenoxy) is 1. The SMILES string of the molecule is CC(C)(C)OC(=O)NNS(=O)(=O)c1ccc(N2CCCC2=O)cc1. The number of nitrogens with one attached hydrogen (secondary N) is 2. The zero-order valence-corrected chi connectivity index (χ0v) is 14.6. The van der Waals surface area contributed by atoms with Gasteiger partial charge in [0.2, 0.25) is 5.91 Å². The third-order valence-electron chi connectivity index (χ3n) is 3.22. The Morgan fingerprint density at radius 2 is 1.83 bits per heavy atom. The van der Waals surface area contributed by atoms with Crippen molar-refractivity contribution in [2.75, 3.05) is 11.4 Å². The Hall–Kier alpha value is -2.13. The second-order valence-corrected chi connectivity index (χ2v) is 8.06. The molecule has 2 amide bonds. The first kappa shape index (κ1) is 18.2. The summed E-state index contributed by atoms with van der Waals surface area (Å²) >= 11 is 0. The molecule has 1 saturated heterocycles. The lowest BCUT2D eigenvalue weighted by Crippen LogP contribution is -2.44. The highest BCUT2D eigenvalue weighted by Gasteiger charge is 2.23. The van der Waals surface area contributed by atoms with Crippen LogP contribution in [0.4, 0.5) is 10.5 Å². The molecule has 0 aliphatic carbocycles. The minimum absolute atomic E-state index is 0.0234. The average Bonchev–Trinajstić information content (AvgIpc) is 2.90. The lowest BCUT2D eigenvalue weighted by atomic mass is 10.2. The topological polar surface area (TPSA) is 105 Å². The minimum atomic E-state index is -3.93. The standard InChI is InChI=1S/C15H21N3O5S/c1-15(2,3)23-14(20)16-17-24(21,22)12-8-6-11(7-9-12)18-10-4-5-13(18)19/h6-9,17H,4-5,10H2,1-3H3,(H,16,20). The normalized spacial score (nSPS) is 15.5. The third kappa shape index (κ3) is 4.68. The van der Waals surface area contributed by atoms with Crippen LogP contribution in [0.3, 0.4) is 0 Å². The number of carbonyl (C=O) groups excluding carboxylic acids is 2. The summed E-state index contributed by atoms with van der Waals surface area (Å²) < 4.78 is 29.2. The molecule has 1 fully saturated rings. The molecular weight excluding hydrogens is 334 g/mol. The van der Waals surface area contributed by atoms with Gasteiger partial charge in [-0.1, -0.05) is 0 Å². The fraction of sp³-hybridized carbons (Fsp3) is 0.467. The van der Waals surface area contributed by atoms with Crippen LogP contribution >= 0.6 is 0 Å². The maximum Gasteiger partial charge on any atom is 0.423 e. The zero-order valence-electron chi connectivity index (χ0n) is 13.8. The molecule has 0 aromatic heterocycles. The molecule has 1 aliphatic heterocycles. The van der Waals surface area contributed by atoms with Crippen LogP contribution in [-0.2, 0) is 19.6 Å². The highest BCUT2D eigenvalue weighted by Crippen LogP contribution is 2.22. The second-order valence-electron chi connectivity index (χ2n) is 6.38. The summed E-state index contributed by atoms with van der Waals surface area (Å²) in [5, 5.41) is 0. The van der Waals surface area contributed by atoms with Crippen LogP contribution in [0, 0.1) is 0 Å². The molecule has 0 spiro atoms. The van der Waals surface area contributed by atoms with E-state index >= 15 is 0 Å². The van der Waals surface area contributed by atoms with Gasteiger partial charge in [0.25, 0.3) is 10.0 Å². The van der Waals surface area contributed by atoms with E-state index in [4.69, 9.17) is 4.74 Å². The van der Waals surface area contributed by atoms with Crippen molar-refractivity contribution in [3.63, 3.8) is 0 Å². The van der Waals surface area contributed by atoms with Crippen molar-refractivity contribution < 1.29 is 22.7 Å². The Kier molecular flexibility index (Phi) is 5.14. The maximum absolute atomic E-state index is 12.1. The number of benzene rings is 1. The number of anilines is 1. The monoisotopic (exact) mass is 355 g/mol. The van der Waals surface area contributed by atoms with Gasteiger partial charge in [0, 0.05) is 18.7 Å². The van der Waals surface area contributed by atoms with E-state index < -0.39 is 21.7 Å². The predicted octanol–water partition coefficient (Wildman–Crippen LogP) is 1.53. The van der Waals surface area contributed by atoms with Gasteiger partial charge < -0.3 is 9.64 Å². The molecule has 1 heterocycles. The van der Waals surface area contributed by atoms with Crippen LogP contribution in [0.1, 0.15) is 33.6 Å². The fourth-order valence-corrected chi connectivity index (χ4v) is 3.03. The quantitative estimate of drug-likeness (QED) is 0.797. The Morgan fingerprint density at radius 1 is 1.21 bits per heavy atom. The van der Waals surface area contributed by atoms with E-state index in [0.717, 1.165) is 6.42 Å². The predicted molar refractivity (Wildman–Crippen MR) is 87.7 cm³/mol. The first-order valence-corrected chi connectivity index (χ1v) is 8.98. The molecule has 0 atom stereocenters. The maximum atomic E-state index is 12.1. The third-order valence-corrected chi connectivity index (χ3v) is 4.48. The highest BCUT2D eigenvalue weighted by atomic mass is 32.2. The summed E-state index contributed by atoms with van der Waals surface area (Å²) in [7, 11) is -3.93. The van der Waals surface area contributed by atoms with Crippen LogP contribution in [0.25, 0.3) is 0 Å². The largest absolute Gasteiger partial charge is 0.443 e. The van der Waals surface area contributed by atoms with Crippen LogP contribution in [0.15, 0.2) is 29.2 Å². The van der Waals surface area contributed by atoms with Crippen LogP contribution in [0.5, 0.6) is 0 Å². The van der Waals surface area contributed by atoms with Gasteiger partial charge >= 0.3 is 6.09 Å². The molecule has 1 aliphatic rings. The molecule has 9 heteroatoms. The van der Waals surface area contributed by atoms with Crippen molar-refractivity contribution in [1.29, 1.82) is 0 Å². The number of rotatable bonds is 4. The summed E-state index contributed by atoms with van der Waals surface area (Å²) in [5.41, 5.74) is 1.90. The van der Waals surface area contributed by atoms with E-state index in [1.165, 1.54) is 12.1 Å². The van der Waals surface area contributed by atoms with Gasteiger partial charge in [-0.2, -0.15) is 0 Å². The smallest absolute Gasteiger partial charge is 0.423 e. The lowest BCUT2D eigenvalue weighted by molar-refractivity contribution is -0.117. The molecule has 1 aromatic rings. The summed E-state index contributed by atoms with van der Waals surface area (Å²) in [6.07, 6.45) is 0.395. The average molecular weight is 355 g/mol. The van der Waals surface area contributed by atoms with Gasteiger partial charge in [0.15, 0.2) is 0 Å². The Morgan fingerprint density at radius 3 is 2.33 bits per heavy atom. The van der Waals surface area contributed by atoms with Gasteiger partial charge in [0.05, 0.1) is 4.90 Å². The molecular formula is C15H21N3O5S. The molecule has 132 valence electrons. The fourth-order valence-electron chi connectivity index (χ4n) is 2.20. The van der Waals surface area contributed by atoms with Crippen LogP contribution in [0.2, 0.25) is 0 Å². The first-order valence-electron chi connectivity index (χ1n) is 7.50. The molecule has 24 heavy (non-hydrogen) atoms. The van der Waals surface area contributed by atoms with Gasteiger partial charge in [0.1, 0.15) is 5.60 Å². The van der Waals surface area contributed by atoms with Crippen molar-refractivity contribution in [1.82, 2.24) is 10.3 Å². The van der Waals surface area contributed by atoms with E-state index in [9.17, 15) is 18.0 Å². The zero-order chi connectivity index (χ0) is 18.0. The van der Waals surface area contributed by atoms with Crippen molar-refractivity contribution in [2.24, 2.45) is 0 Å². The molecule has 8 nitrogen and oxygen atoms in total. The van der Waals surface area contributed by atoms with Gasteiger partial charge in [-0.15, -0.1) is 4.83 Å². The van der Waals surface area contributed by atoms with E-state index in [1.54, 1.807) is 37.8 Å². The number of hydrazine groups is 1. The Balaban J connectivity index is 2.02. The second kappa shape index (κ2) is 6.78. The molecule has 0 saturated carbocycles. The summed E-state index contributed by atoms with van der Waals surface area (Å²) in [6, 6.07) is 5.87. The van der Waals surface area contributed by atoms with Crippen molar-refractivity contribution >= 4 is 27.7 Å². The van der Waals surface area contributed by atoms with Crippen molar-refractivity contribution in [2.45, 2.75) is 44.1 Å². The first-order chi connectivity index (χ1) is 11.1. The van der Waals surface area contributed by atoms with E-state index in [0.29, 0.717) is 18.7 Å². The summed E-state index contributed by atoms with van der Waals surface area (Å²) in [5.74, 6) is 0.0234. The summed E-state index contributed by atoms with van der Waals surface area (Å²) in [4.78, 5) is 26.7. The highest BCUT2D eigenvalue weighted by molar-refractivity contribution is 7.89. The number of amides is 2. The number of nitrogens with zero attached hydrogens (tertiary/aromatic N) is 1. The van der Waals surface area contributed by atoms with Crippen LogP contribution in [-0.4, -0.2) is 32.6 Å². The van der Waals surface area contributed by atoms with Gasteiger partial charge in [-0.25, -0.2) is 18.6 Å². The number of carbonyl (C=O) groups is 2. The van der Waals surface area contributed by atoms with E-state index in [1.807, 2.05) is 10.3 Å². The molecule has 0 unspecified atom stereocenters. The molecule has 2 rings (SSSR count). The number of sulfonamides is 1. The number of hydrogen-bond acceptors (Lipinski definition) is 5. The lowest BCUT2D eigenvalue weighted by Gasteiger charge is -2.20. The Bertz CT molecular complexity index is 722. The van der Waals surface area contributed by atoms with Crippen molar-refractivity contribution in [3.8, 4) is 0 Å². The number of hydrogen-bond donors (Lipinski definition) is 2.